The van der Waals surface area contributed by atoms with Gasteiger partial charge in [-0.25, -0.2) is 4.98 Å². The lowest BCUT2D eigenvalue weighted by molar-refractivity contribution is 0.575. The molecule has 0 radical (unpaired) electrons. The van der Waals surface area contributed by atoms with Crippen LogP contribution in [0.3, 0.4) is 0 Å². The van der Waals surface area contributed by atoms with Crippen molar-refractivity contribution in [3.63, 3.8) is 0 Å². The first kappa shape index (κ1) is 7.86. The molecule has 0 saturated heterocycles. The Morgan fingerprint density at radius 2 is 2.23 bits per heavy atom. The number of hydrogen-bond acceptors (Lipinski definition) is 3. The van der Waals surface area contributed by atoms with Crippen molar-refractivity contribution in [1.82, 2.24) is 4.98 Å². The molecule has 3 nitrogen and oxygen atoms in total. The van der Waals surface area contributed by atoms with Gasteiger partial charge in [-0.15, -0.1) is 0 Å². The number of benzene rings is 1. The number of aryl methyl sites for hydroxylation is 1. The summed E-state index contributed by atoms with van der Waals surface area (Å²) >= 11 is 0. The van der Waals surface area contributed by atoms with Gasteiger partial charge in [0.25, 0.3) is 0 Å². The van der Waals surface area contributed by atoms with E-state index in [1.165, 1.54) is 6.26 Å². The van der Waals surface area contributed by atoms with Crippen LogP contribution in [0.5, 0.6) is 0 Å². The lowest BCUT2D eigenvalue weighted by Crippen LogP contribution is -1.90. The second-order valence-electron chi connectivity index (χ2n) is 2.93. The molecule has 1 aromatic heterocycles. The fraction of sp³-hybridized carbons (Fsp3) is 0.100. The highest BCUT2D eigenvalue weighted by molar-refractivity contribution is 5.70. The molecule has 0 atom stereocenters. The van der Waals surface area contributed by atoms with Crippen LogP contribution in [0.1, 0.15) is 5.56 Å². The van der Waals surface area contributed by atoms with Gasteiger partial charge in [0.15, 0.2) is 0 Å². The van der Waals surface area contributed by atoms with Crippen LogP contribution in [0.15, 0.2) is 35.1 Å². The smallest absolute Gasteiger partial charge is 0.227 e. The van der Waals surface area contributed by atoms with Crippen LogP contribution in [0, 0.1) is 6.92 Å². The Bertz CT molecular complexity index is 407. The van der Waals surface area contributed by atoms with Crippen LogP contribution in [0.4, 0.5) is 5.69 Å². The molecule has 66 valence electrons. The fourth-order valence-electron chi connectivity index (χ4n) is 1.23. The van der Waals surface area contributed by atoms with E-state index in [0.29, 0.717) is 11.6 Å². The first-order chi connectivity index (χ1) is 6.27. The Labute approximate surface area is 76.2 Å². The Balaban J connectivity index is 2.53. The minimum atomic E-state index is 0.567. The molecule has 0 bridgehead atoms. The SMILES string of the molecule is Cc1ccc(-c2ncco2)c(N)c1. The molecule has 1 heterocycles. The van der Waals surface area contributed by atoms with E-state index in [-0.39, 0.29) is 0 Å². The highest BCUT2D eigenvalue weighted by Gasteiger charge is 2.05. The molecular formula is C10H10N2O. The van der Waals surface area contributed by atoms with Crippen molar-refractivity contribution in [2.75, 3.05) is 5.73 Å². The van der Waals surface area contributed by atoms with Crippen LogP contribution in [-0.4, -0.2) is 4.98 Å². The van der Waals surface area contributed by atoms with Crippen LogP contribution in [0.25, 0.3) is 11.5 Å². The summed E-state index contributed by atoms with van der Waals surface area (Å²) in [6.45, 7) is 2.00. The normalized spacial score (nSPS) is 10.2. The number of rotatable bonds is 1. The number of nitrogens with zero attached hydrogens (tertiary/aromatic N) is 1. The zero-order valence-electron chi connectivity index (χ0n) is 7.32. The van der Waals surface area contributed by atoms with Crippen molar-refractivity contribution in [2.24, 2.45) is 0 Å². The first-order valence-electron chi connectivity index (χ1n) is 4.03. The zero-order valence-corrected chi connectivity index (χ0v) is 7.32. The molecule has 3 heteroatoms. The molecule has 0 amide bonds. The van der Waals surface area contributed by atoms with Gasteiger partial charge in [0.05, 0.1) is 11.8 Å². The summed E-state index contributed by atoms with van der Waals surface area (Å²) < 4.78 is 5.15. The number of hydrogen-bond donors (Lipinski definition) is 1. The number of anilines is 1. The summed E-state index contributed by atoms with van der Waals surface area (Å²) in [7, 11) is 0. The van der Waals surface area contributed by atoms with Crippen molar-refractivity contribution < 1.29 is 4.42 Å². The summed E-state index contributed by atoms with van der Waals surface area (Å²) in [5.74, 6) is 0.567. The number of nitrogens with two attached hydrogens (primary N) is 1. The molecule has 13 heavy (non-hydrogen) atoms. The maximum Gasteiger partial charge on any atom is 0.227 e. The molecule has 0 spiro atoms. The van der Waals surface area contributed by atoms with Gasteiger partial charge in [-0.2, -0.15) is 0 Å². The molecule has 2 rings (SSSR count). The Kier molecular flexibility index (Phi) is 1.77. The first-order valence-corrected chi connectivity index (χ1v) is 4.03. The quantitative estimate of drug-likeness (QED) is 0.674. The highest BCUT2D eigenvalue weighted by atomic mass is 16.3. The fourth-order valence-corrected chi connectivity index (χ4v) is 1.23. The number of aromatic nitrogens is 1. The average Bonchev–Trinajstić information content (AvgIpc) is 2.56. The van der Waals surface area contributed by atoms with E-state index in [2.05, 4.69) is 4.98 Å². The Morgan fingerprint density at radius 1 is 1.38 bits per heavy atom. The highest BCUT2D eigenvalue weighted by Crippen LogP contribution is 2.24. The molecule has 0 aliphatic heterocycles. The van der Waals surface area contributed by atoms with Crippen molar-refractivity contribution in [3.8, 4) is 11.5 Å². The zero-order chi connectivity index (χ0) is 9.26. The summed E-state index contributed by atoms with van der Waals surface area (Å²) in [4.78, 5) is 4.03. The van der Waals surface area contributed by atoms with E-state index in [1.807, 2.05) is 25.1 Å². The minimum Gasteiger partial charge on any atom is -0.444 e. The lowest BCUT2D eigenvalue weighted by atomic mass is 10.1. The van der Waals surface area contributed by atoms with Crippen molar-refractivity contribution >= 4 is 5.69 Å². The Morgan fingerprint density at radius 3 is 2.85 bits per heavy atom. The summed E-state index contributed by atoms with van der Waals surface area (Å²) in [6.07, 6.45) is 3.14. The van der Waals surface area contributed by atoms with Gasteiger partial charge in [-0.1, -0.05) is 6.07 Å². The molecule has 2 aromatic rings. The predicted molar refractivity (Wildman–Crippen MR) is 51.1 cm³/mol. The van der Waals surface area contributed by atoms with Crippen molar-refractivity contribution in [3.05, 3.63) is 36.2 Å². The minimum absolute atomic E-state index is 0.567. The molecule has 2 N–H and O–H groups in total. The van der Waals surface area contributed by atoms with Gasteiger partial charge in [-0.3, -0.25) is 0 Å². The summed E-state index contributed by atoms with van der Waals surface area (Å²) in [5, 5.41) is 0. The van der Waals surface area contributed by atoms with E-state index >= 15 is 0 Å². The third kappa shape index (κ3) is 1.40. The van der Waals surface area contributed by atoms with Crippen molar-refractivity contribution in [2.45, 2.75) is 6.92 Å². The topological polar surface area (TPSA) is 52.0 Å². The Hall–Kier alpha value is -1.77. The van der Waals surface area contributed by atoms with Crippen molar-refractivity contribution in [1.29, 1.82) is 0 Å². The van der Waals surface area contributed by atoms with Crippen LogP contribution >= 0.6 is 0 Å². The van der Waals surface area contributed by atoms with Crippen LogP contribution < -0.4 is 5.73 Å². The standard InChI is InChI=1S/C10H10N2O/c1-7-2-3-8(9(11)6-7)10-12-4-5-13-10/h2-6H,11H2,1H3. The van der Waals surface area contributed by atoms with Gasteiger partial charge in [0.2, 0.25) is 5.89 Å². The van der Waals surface area contributed by atoms with Gasteiger partial charge in [-0.05, 0) is 24.6 Å². The largest absolute Gasteiger partial charge is 0.444 e. The second-order valence-corrected chi connectivity index (χ2v) is 2.93. The molecule has 1 aromatic carbocycles. The molecule has 0 unspecified atom stereocenters. The van der Waals surface area contributed by atoms with Gasteiger partial charge < -0.3 is 10.2 Å². The van der Waals surface area contributed by atoms with Gasteiger partial charge in [0, 0.05) is 5.69 Å². The second kappa shape index (κ2) is 2.94. The maximum absolute atomic E-state index is 5.81. The molecule has 0 fully saturated rings. The van der Waals surface area contributed by atoms with E-state index < -0.39 is 0 Å². The summed E-state index contributed by atoms with van der Waals surface area (Å²) in [5.41, 5.74) is 8.48. The van der Waals surface area contributed by atoms with E-state index in [4.69, 9.17) is 10.2 Å². The van der Waals surface area contributed by atoms with Crippen LogP contribution in [0.2, 0.25) is 0 Å². The summed E-state index contributed by atoms with van der Waals surface area (Å²) in [6, 6.07) is 5.80. The predicted octanol–water partition coefficient (Wildman–Crippen LogP) is 2.23. The van der Waals surface area contributed by atoms with E-state index in [0.717, 1.165) is 11.1 Å². The molecule has 0 aliphatic rings. The van der Waals surface area contributed by atoms with E-state index in [9.17, 15) is 0 Å². The third-order valence-electron chi connectivity index (χ3n) is 1.87. The molecule has 0 saturated carbocycles. The third-order valence-corrected chi connectivity index (χ3v) is 1.87. The van der Waals surface area contributed by atoms with Gasteiger partial charge >= 0.3 is 0 Å². The monoisotopic (exact) mass is 174 g/mol. The number of oxazole rings is 1. The molecule has 0 aliphatic carbocycles. The lowest BCUT2D eigenvalue weighted by Gasteiger charge is -2.01. The maximum atomic E-state index is 5.81. The average molecular weight is 174 g/mol. The van der Waals surface area contributed by atoms with E-state index in [1.54, 1.807) is 6.20 Å². The van der Waals surface area contributed by atoms with Crippen LogP contribution in [-0.2, 0) is 0 Å². The van der Waals surface area contributed by atoms with Gasteiger partial charge in [0.1, 0.15) is 6.26 Å². The number of nitrogen functional groups attached to an aromatic ring is 1. The molecular weight excluding hydrogens is 164 g/mol.